The van der Waals surface area contributed by atoms with E-state index < -0.39 is 0 Å². The van der Waals surface area contributed by atoms with Gasteiger partial charge in [0.2, 0.25) is 0 Å². The van der Waals surface area contributed by atoms with Crippen molar-refractivity contribution in [3.8, 4) is 0 Å². The van der Waals surface area contributed by atoms with E-state index in [0.29, 0.717) is 0 Å². The third-order valence-electron chi connectivity index (χ3n) is 2.36. The topological polar surface area (TPSA) is 32.3 Å². The molecule has 2 rings (SSSR count). The number of hydrogen-bond acceptors (Lipinski definition) is 2. The van der Waals surface area contributed by atoms with E-state index in [-0.39, 0.29) is 78.9 Å². The number of halogens is 2. The van der Waals surface area contributed by atoms with Gasteiger partial charge in [-0.2, -0.15) is 7.11 Å². The van der Waals surface area contributed by atoms with E-state index in [0.717, 1.165) is 19.6 Å². The summed E-state index contributed by atoms with van der Waals surface area (Å²) in [6, 6.07) is 20.1. The summed E-state index contributed by atoms with van der Waals surface area (Å²) in [7, 11) is 2.43. The maximum atomic E-state index is 8.25. The molecule has 0 atom stereocenters. The second-order valence-corrected chi connectivity index (χ2v) is 4.61. The standard InChI is InChI=1S/2C8H8.C3H8O.C2H5Cl.CH3O.CH4.ClH.2Na/c2*1-2-8-6-4-3-5-7-8;1-3-4-2;1-2-3;1-2;;;;/h2*2-7H,1H2;3H2,1-2H3;2H2,1H3;1H3;1H4;1H;;/q;;;;-1;;;2*+1/p-1. The maximum absolute atomic E-state index is 8.25. The molecule has 156 valence electrons. The molecule has 0 heterocycles. The Morgan fingerprint density at radius 2 is 1.03 bits per heavy atom. The van der Waals surface area contributed by atoms with Gasteiger partial charge in [0.25, 0.3) is 0 Å². The maximum Gasteiger partial charge on any atom is 1.00 e. The molecule has 0 aliphatic heterocycles. The SMILES string of the molecule is C.C=Cc1ccccc1.C=Cc1ccccc1.CCCl.CCOC.C[O-].[Cl-].[Na+].[Na+]. The van der Waals surface area contributed by atoms with E-state index in [1.807, 2.05) is 86.7 Å². The average molecular weight is 461 g/mol. The van der Waals surface area contributed by atoms with Crippen LogP contribution in [0.1, 0.15) is 32.4 Å². The summed E-state index contributed by atoms with van der Waals surface area (Å²) in [5.74, 6) is 0.722. The van der Waals surface area contributed by atoms with Gasteiger partial charge in [-0.3, -0.25) is 0 Å². The molecule has 0 aliphatic rings. The van der Waals surface area contributed by atoms with Gasteiger partial charge < -0.3 is 22.3 Å². The van der Waals surface area contributed by atoms with Gasteiger partial charge in [-0.25, -0.2) is 0 Å². The Bertz CT molecular complexity index is 439. The minimum atomic E-state index is 0. The molecule has 0 aromatic heterocycles. The summed E-state index contributed by atoms with van der Waals surface area (Å²) in [4.78, 5) is 0. The number of benzene rings is 2. The third kappa shape index (κ3) is 43.2. The van der Waals surface area contributed by atoms with Gasteiger partial charge in [0, 0.05) is 19.6 Å². The second-order valence-electron chi connectivity index (χ2n) is 4.07. The van der Waals surface area contributed by atoms with Crippen molar-refractivity contribution >= 4 is 23.8 Å². The van der Waals surface area contributed by atoms with Crippen LogP contribution in [0.2, 0.25) is 0 Å². The van der Waals surface area contributed by atoms with Crippen LogP contribution in [0.3, 0.4) is 0 Å². The quantitative estimate of drug-likeness (QED) is 0.365. The van der Waals surface area contributed by atoms with Gasteiger partial charge in [0.05, 0.1) is 0 Å². The summed E-state index contributed by atoms with van der Waals surface area (Å²) in [5, 5.41) is 8.25. The Morgan fingerprint density at radius 3 is 1.14 bits per heavy atom. The van der Waals surface area contributed by atoms with E-state index in [1.165, 1.54) is 11.1 Å². The van der Waals surface area contributed by atoms with Crippen LogP contribution in [0.15, 0.2) is 73.8 Å². The molecule has 0 bridgehead atoms. The zero-order valence-corrected chi connectivity index (χ0v) is 23.8. The van der Waals surface area contributed by atoms with Crippen molar-refractivity contribution < 1.29 is 81.4 Å². The molecule has 0 N–H and O–H groups in total. The number of alkyl halides is 1. The van der Waals surface area contributed by atoms with Crippen LogP contribution in [-0.4, -0.2) is 26.7 Å². The summed E-state index contributed by atoms with van der Waals surface area (Å²) in [6.07, 6.45) is 3.67. The molecule has 2 nitrogen and oxygen atoms in total. The van der Waals surface area contributed by atoms with Crippen LogP contribution in [0.25, 0.3) is 12.2 Å². The van der Waals surface area contributed by atoms with E-state index in [2.05, 4.69) is 17.9 Å². The smallest absolute Gasteiger partial charge is 1.00 e. The summed E-state index contributed by atoms with van der Waals surface area (Å²) in [5.41, 5.74) is 2.35. The summed E-state index contributed by atoms with van der Waals surface area (Å²) >= 11 is 5.00. The predicted molar refractivity (Wildman–Crippen MR) is 120 cm³/mol. The van der Waals surface area contributed by atoms with Gasteiger partial charge in [-0.1, -0.05) is 100 Å². The molecule has 0 saturated carbocycles. The van der Waals surface area contributed by atoms with E-state index in [1.54, 1.807) is 7.11 Å². The first-order valence-corrected chi connectivity index (χ1v) is 8.54. The van der Waals surface area contributed by atoms with Crippen molar-refractivity contribution in [3.63, 3.8) is 0 Å². The van der Waals surface area contributed by atoms with Gasteiger partial charge in [0.15, 0.2) is 0 Å². The molecular formula is C23H36Cl2Na2O2. The zero-order valence-electron chi connectivity index (χ0n) is 18.3. The fourth-order valence-electron chi connectivity index (χ4n) is 1.18. The predicted octanol–water partition coefficient (Wildman–Crippen LogP) is -2.82. The molecule has 6 heteroatoms. The Labute approximate surface area is 235 Å². The largest absolute Gasteiger partial charge is 1.00 e. The van der Waals surface area contributed by atoms with Gasteiger partial charge >= 0.3 is 59.1 Å². The first-order valence-electron chi connectivity index (χ1n) is 8.00. The first-order chi connectivity index (χ1) is 12.2. The second kappa shape index (κ2) is 46.6. The molecule has 2 aromatic rings. The Kier molecular flexibility index (Phi) is 75.9. The zero-order chi connectivity index (χ0) is 19.8. The van der Waals surface area contributed by atoms with Gasteiger partial charge in [0.1, 0.15) is 0 Å². The van der Waals surface area contributed by atoms with Crippen molar-refractivity contribution in [1.82, 2.24) is 0 Å². The third-order valence-corrected chi connectivity index (χ3v) is 2.36. The summed E-state index contributed by atoms with van der Waals surface area (Å²) in [6.45, 7) is 11.9. The minimum Gasteiger partial charge on any atom is -1.00 e. The fourth-order valence-corrected chi connectivity index (χ4v) is 1.18. The Balaban J connectivity index is -0.0000000438. The first kappa shape index (κ1) is 47.3. The number of ether oxygens (including phenoxy) is 1. The van der Waals surface area contributed by atoms with Crippen molar-refractivity contribution in [3.05, 3.63) is 84.9 Å². The van der Waals surface area contributed by atoms with Crippen molar-refractivity contribution in [2.75, 3.05) is 26.7 Å². The van der Waals surface area contributed by atoms with Crippen LogP contribution in [0, 0.1) is 0 Å². The van der Waals surface area contributed by atoms with Crippen molar-refractivity contribution in [1.29, 1.82) is 0 Å². The normalized spacial score (nSPS) is 6.55. The van der Waals surface area contributed by atoms with E-state index >= 15 is 0 Å². The van der Waals surface area contributed by atoms with E-state index in [9.17, 15) is 0 Å². The monoisotopic (exact) mass is 460 g/mol. The number of methoxy groups -OCH3 is 1. The van der Waals surface area contributed by atoms with E-state index in [4.69, 9.17) is 16.7 Å². The fraction of sp³-hybridized carbons (Fsp3) is 0.304. The van der Waals surface area contributed by atoms with Gasteiger partial charge in [-0.05, 0) is 18.1 Å². The van der Waals surface area contributed by atoms with Crippen LogP contribution >= 0.6 is 11.6 Å². The molecule has 29 heavy (non-hydrogen) atoms. The number of hydrogen-bond donors (Lipinski definition) is 0. The van der Waals surface area contributed by atoms with Crippen LogP contribution in [0.5, 0.6) is 0 Å². The van der Waals surface area contributed by atoms with Crippen LogP contribution < -0.4 is 76.6 Å². The molecule has 2 aromatic carbocycles. The molecule has 0 aliphatic carbocycles. The molecule has 0 radical (unpaired) electrons. The van der Waals surface area contributed by atoms with Gasteiger partial charge in [-0.15, -0.1) is 11.6 Å². The molecule has 0 fully saturated rings. The molecule has 0 spiro atoms. The number of rotatable bonds is 3. The van der Waals surface area contributed by atoms with Crippen molar-refractivity contribution in [2.24, 2.45) is 0 Å². The molecule has 0 saturated heterocycles. The average Bonchev–Trinajstić information content (AvgIpc) is 2.72. The Morgan fingerprint density at radius 1 is 0.828 bits per heavy atom. The van der Waals surface area contributed by atoms with Crippen LogP contribution in [-0.2, 0) is 4.74 Å². The minimum absolute atomic E-state index is 0. The summed E-state index contributed by atoms with van der Waals surface area (Å²) < 4.78 is 4.54. The molecule has 0 amide bonds. The molecular weight excluding hydrogens is 425 g/mol. The molecule has 0 unspecified atom stereocenters. The van der Waals surface area contributed by atoms with Crippen molar-refractivity contribution in [2.45, 2.75) is 21.3 Å². The van der Waals surface area contributed by atoms with Crippen LogP contribution in [0.4, 0.5) is 0 Å². The Hall–Kier alpha value is 0.420.